The number of rotatable bonds is 7. The topological polar surface area (TPSA) is 97.0 Å². The number of benzene rings is 3. The van der Waals surface area contributed by atoms with E-state index >= 15 is 0 Å². The molecule has 3 heterocycles. The highest BCUT2D eigenvalue weighted by molar-refractivity contribution is 6.30. The molecule has 3 aromatic carbocycles. The molecule has 0 unspecified atom stereocenters. The molecule has 39 heavy (non-hydrogen) atoms. The molecule has 0 saturated carbocycles. The summed E-state index contributed by atoms with van der Waals surface area (Å²) < 4.78 is 14.4. The summed E-state index contributed by atoms with van der Waals surface area (Å²) in [5.41, 5.74) is 2.84. The average molecular weight is 548 g/mol. The van der Waals surface area contributed by atoms with Crippen LogP contribution in [0.4, 0.5) is 0 Å². The fourth-order valence-electron chi connectivity index (χ4n) is 5.49. The van der Waals surface area contributed by atoms with Gasteiger partial charge < -0.3 is 24.3 Å². The van der Waals surface area contributed by atoms with Gasteiger partial charge in [0.25, 0.3) is 0 Å². The zero-order chi connectivity index (χ0) is 27.1. The van der Waals surface area contributed by atoms with Crippen LogP contribution in [0.5, 0.6) is 23.0 Å². The number of hydrogen-bond donors (Lipinski definition) is 2. The number of aromatic carboxylic acids is 1. The third-order valence-electron chi connectivity index (χ3n) is 7.68. The molecule has 9 heteroatoms. The van der Waals surface area contributed by atoms with Gasteiger partial charge in [0.15, 0.2) is 23.0 Å². The molecule has 0 spiro atoms. The summed E-state index contributed by atoms with van der Waals surface area (Å²) in [6.07, 6.45) is 1.98. The number of carbonyl (C=O) groups is 1. The fourth-order valence-corrected chi connectivity index (χ4v) is 5.65. The Kier molecular flexibility index (Phi) is 6.93. The molecular weight excluding hydrogens is 518 g/mol. The molecule has 8 nitrogen and oxygen atoms in total. The second kappa shape index (κ2) is 10.5. The molecular formula is C30H30ClN3O5. The normalized spacial score (nSPS) is 16.3. The summed E-state index contributed by atoms with van der Waals surface area (Å²) in [6, 6.07) is 16.4. The van der Waals surface area contributed by atoms with Gasteiger partial charge in [0.1, 0.15) is 5.82 Å². The molecule has 1 saturated heterocycles. The SMILES string of the molecule is CC[C@H](O)Cn1c(CN2CCC(c3cccc4c3Oc3ccc(Cl)cc3O4)CC2)nc2ccc(C(=O)O)cc21. The van der Waals surface area contributed by atoms with Gasteiger partial charge in [0.2, 0.25) is 0 Å². The molecule has 2 aliphatic heterocycles. The minimum Gasteiger partial charge on any atom is -0.478 e. The van der Waals surface area contributed by atoms with Crippen molar-refractivity contribution in [3.05, 3.63) is 76.6 Å². The van der Waals surface area contributed by atoms with Gasteiger partial charge in [-0.3, -0.25) is 4.90 Å². The van der Waals surface area contributed by atoms with E-state index in [0.717, 1.165) is 54.1 Å². The Labute approximate surface area is 231 Å². The molecule has 1 aromatic heterocycles. The predicted octanol–water partition coefficient (Wildman–Crippen LogP) is 6.44. The lowest BCUT2D eigenvalue weighted by Crippen LogP contribution is -2.34. The summed E-state index contributed by atoms with van der Waals surface area (Å²) in [4.78, 5) is 18.8. The van der Waals surface area contributed by atoms with Crippen molar-refractivity contribution in [1.82, 2.24) is 14.5 Å². The number of aromatic nitrogens is 2. The van der Waals surface area contributed by atoms with Gasteiger partial charge in [0, 0.05) is 16.7 Å². The summed E-state index contributed by atoms with van der Waals surface area (Å²) >= 11 is 6.13. The molecule has 202 valence electrons. The van der Waals surface area contributed by atoms with E-state index in [2.05, 4.69) is 11.0 Å². The number of fused-ring (bicyclic) bond motifs is 3. The molecule has 6 rings (SSSR count). The van der Waals surface area contributed by atoms with Gasteiger partial charge in [-0.05, 0) is 74.7 Å². The van der Waals surface area contributed by atoms with Crippen LogP contribution in [0.3, 0.4) is 0 Å². The number of imidazole rings is 1. The van der Waals surface area contributed by atoms with Crippen LogP contribution >= 0.6 is 11.6 Å². The Bertz CT molecular complexity index is 1540. The van der Waals surface area contributed by atoms with Crippen LogP contribution in [0.15, 0.2) is 54.6 Å². The van der Waals surface area contributed by atoms with Crippen LogP contribution in [0.25, 0.3) is 11.0 Å². The summed E-state index contributed by atoms with van der Waals surface area (Å²) in [5, 5.41) is 20.5. The van der Waals surface area contributed by atoms with E-state index in [1.54, 1.807) is 30.3 Å². The Balaban J connectivity index is 1.19. The average Bonchev–Trinajstić information content (AvgIpc) is 3.27. The second-order valence-electron chi connectivity index (χ2n) is 10.2. The quantitative estimate of drug-likeness (QED) is 0.242. The maximum Gasteiger partial charge on any atom is 0.335 e. The standard InChI is InChI=1S/C30H30ClN3O5/c1-2-21(35)16-34-24-14-19(30(36)37)6-8-23(24)32-28(34)17-33-12-10-18(11-13-33)22-4-3-5-26-29(22)39-25-9-7-20(31)15-27(25)38-26/h3-9,14-15,18,21,35H,2,10-13,16-17H2,1H3,(H,36,37)/t21-/m0/s1. The van der Waals surface area contributed by atoms with Crippen LogP contribution in [-0.4, -0.2) is 49.8 Å². The molecule has 2 aliphatic rings. The summed E-state index contributed by atoms with van der Waals surface area (Å²) in [6.45, 7) is 4.69. The molecule has 0 bridgehead atoms. The first-order chi connectivity index (χ1) is 18.9. The van der Waals surface area contributed by atoms with E-state index in [1.165, 1.54) is 0 Å². The van der Waals surface area contributed by atoms with E-state index in [9.17, 15) is 15.0 Å². The predicted molar refractivity (Wildman–Crippen MR) is 148 cm³/mol. The van der Waals surface area contributed by atoms with Crippen molar-refractivity contribution in [1.29, 1.82) is 0 Å². The smallest absolute Gasteiger partial charge is 0.335 e. The van der Waals surface area contributed by atoms with Crippen molar-refractivity contribution in [2.45, 2.75) is 51.3 Å². The van der Waals surface area contributed by atoms with Crippen molar-refractivity contribution in [2.24, 2.45) is 0 Å². The van der Waals surface area contributed by atoms with Gasteiger partial charge in [-0.15, -0.1) is 0 Å². The van der Waals surface area contributed by atoms with Crippen LogP contribution in [-0.2, 0) is 13.1 Å². The van der Waals surface area contributed by atoms with E-state index in [0.29, 0.717) is 47.7 Å². The number of ether oxygens (including phenoxy) is 2. The van der Waals surface area contributed by atoms with Crippen molar-refractivity contribution >= 4 is 28.6 Å². The number of aliphatic hydroxyl groups excluding tert-OH is 1. The molecule has 4 aromatic rings. The Morgan fingerprint density at radius 1 is 1.08 bits per heavy atom. The molecule has 2 N–H and O–H groups in total. The summed E-state index contributed by atoms with van der Waals surface area (Å²) in [7, 11) is 0. The first-order valence-corrected chi connectivity index (χ1v) is 13.7. The zero-order valence-corrected chi connectivity index (χ0v) is 22.4. The van der Waals surface area contributed by atoms with E-state index in [-0.39, 0.29) is 5.56 Å². The molecule has 0 radical (unpaired) electrons. The van der Waals surface area contributed by atoms with Gasteiger partial charge in [-0.2, -0.15) is 0 Å². The van der Waals surface area contributed by atoms with E-state index in [1.807, 2.05) is 29.7 Å². The second-order valence-corrected chi connectivity index (χ2v) is 10.7. The van der Waals surface area contributed by atoms with Crippen molar-refractivity contribution in [2.75, 3.05) is 13.1 Å². The lowest BCUT2D eigenvalue weighted by atomic mass is 9.88. The number of carboxylic acid groups (broad SMARTS) is 1. The van der Waals surface area contributed by atoms with Crippen LogP contribution in [0.2, 0.25) is 5.02 Å². The third kappa shape index (κ3) is 5.07. The van der Waals surface area contributed by atoms with Crippen LogP contribution < -0.4 is 9.47 Å². The van der Waals surface area contributed by atoms with Gasteiger partial charge >= 0.3 is 5.97 Å². The third-order valence-corrected chi connectivity index (χ3v) is 7.91. The van der Waals surface area contributed by atoms with Crippen LogP contribution in [0, 0.1) is 0 Å². The highest BCUT2D eigenvalue weighted by atomic mass is 35.5. The van der Waals surface area contributed by atoms with E-state index < -0.39 is 12.1 Å². The minimum absolute atomic E-state index is 0.213. The molecule has 1 atom stereocenters. The molecule has 0 amide bonds. The Morgan fingerprint density at radius 3 is 2.67 bits per heavy atom. The van der Waals surface area contributed by atoms with Crippen LogP contribution in [0.1, 0.15) is 53.8 Å². The van der Waals surface area contributed by atoms with E-state index in [4.69, 9.17) is 26.1 Å². The first-order valence-electron chi connectivity index (χ1n) is 13.3. The Hall–Kier alpha value is -3.59. The molecule has 1 fully saturated rings. The minimum atomic E-state index is -0.978. The maximum atomic E-state index is 11.6. The van der Waals surface area contributed by atoms with Crippen molar-refractivity contribution in [3.8, 4) is 23.0 Å². The number of para-hydroxylation sites is 1. The number of carboxylic acids is 1. The lowest BCUT2D eigenvalue weighted by Gasteiger charge is -2.33. The number of aliphatic hydroxyl groups is 1. The van der Waals surface area contributed by atoms with Crippen molar-refractivity contribution < 1.29 is 24.5 Å². The summed E-state index contributed by atoms with van der Waals surface area (Å²) in [5.74, 6) is 2.94. The number of likely N-dealkylation sites (tertiary alicyclic amines) is 1. The van der Waals surface area contributed by atoms with Crippen molar-refractivity contribution in [3.63, 3.8) is 0 Å². The maximum absolute atomic E-state index is 11.6. The highest BCUT2D eigenvalue weighted by Crippen LogP contribution is 2.50. The number of halogens is 1. The number of nitrogens with zero attached hydrogens (tertiary/aromatic N) is 3. The largest absolute Gasteiger partial charge is 0.478 e. The van der Waals surface area contributed by atoms with Gasteiger partial charge in [-0.25, -0.2) is 9.78 Å². The number of hydrogen-bond acceptors (Lipinski definition) is 6. The zero-order valence-electron chi connectivity index (χ0n) is 21.6. The van der Waals surface area contributed by atoms with Gasteiger partial charge in [-0.1, -0.05) is 30.7 Å². The first kappa shape index (κ1) is 25.7. The van der Waals surface area contributed by atoms with Gasteiger partial charge in [0.05, 0.1) is 35.8 Å². The Morgan fingerprint density at radius 2 is 1.90 bits per heavy atom. The monoisotopic (exact) mass is 547 g/mol. The number of piperidine rings is 1. The highest BCUT2D eigenvalue weighted by Gasteiger charge is 2.29. The lowest BCUT2D eigenvalue weighted by molar-refractivity contribution is 0.0697. The fraction of sp³-hybridized carbons (Fsp3) is 0.333. The molecule has 0 aliphatic carbocycles.